The maximum atomic E-state index is 12.4. The van der Waals surface area contributed by atoms with E-state index in [0.717, 1.165) is 50.1 Å². The molecular weight excluding hydrogens is 304 g/mol. The normalized spacial score (nSPS) is 20.4. The van der Waals surface area contributed by atoms with Gasteiger partial charge < -0.3 is 15.2 Å². The molecule has 2 aliphatic rings. The Morgan fingerprint density at radius 1 is 1.08 bits per heavy atom. The van der Waals surface area contributed by atoms with Crippen LogP contribution >= 0.6 is 0 Å². The van der Waals surface area contributed by atoms with Crippen LogP contribution in [-0.4, -0.2) is 45.0 Å². The molecule has 2 N–H and O–H groups in total. The van der Waals surface area contributed by atoms with Gasteiger partial charge in [0.05, 0.1) is 6.33 Å². The van der Waals surface area contributed by atoms with Gasteiger partial charge in [0.1, 0.15) is 11.8 Å². The molecule has 0 bridgehead atoms. The molecule has 1 aliphatic heterocycles. The molecule has 1 amide bonds. The lowest BCUT2D eigenvalue weighted by Gasteiger charge is -2.34. The van der Waals surface area contributed by atoms with Gasteiger partial charge in [-0.25, -0.2) is 15.0 Å². The zero-order chi connectivity index (χ0) is 16.4. The summed E-state index contributed by atoms with van der Waals surface area (Å²) in [7, 11) is 0. The van der Waals surface area contributed by atoms with E-state index in [0.29, 0.717) is 5.65 Å². The van der Waals surface area contributed by atoms with E-state index in [-0.39, 0.29) is 17.9 Å². The number of nitrogens with zero attached hydrogens (tertiary/aromatic N) is 4. The van der Waals surface area contributed by atoms with Crippen molar-refractivity contribution in [2.24, 2.45) is 5.92 Å². The summed E-state index contributed by atoms with van der Waals surface area (Å²) < 4.78 is 0. The fourth-order valence-electron chi connectivity index (χ4n) is 3.91. The third kappa shape index (κ3) is 3.07. The van der Waals surface area contributed by atoms with Crippen molar-refractivity contribution in [3.63, 3.8) is 0 Å². The number of amides is 1. The molecule has 1 aliphatic carbocycles. The number of aromatic amines is 1. The minimum absolute atomic E-state index is 0.239. The second-order valence-electron chi connectivity index (χ2n) is 6.90. The first-order valence-electron chi connectivity index (χ1n) is 9.00. The van der Waals surface area contributed by atoms with Crippen LogP contribution in [0.1, 0.15) is 44.9 Å². The molecule has 4 rings (SSSR count). The van der Waals surface area contributed by atoms with E-state index in [1.165, 1.54) is 19.3 Å². The van der Waals surface area contributed by atoms with Crippen molar-refractivity contribution in [3.8, 4) is 0 Å². The lowest BCUT2D eigenvalue weighted by atomic mass is 9.88. The number of fused-ring (bicyclic) bond motifs is 1. The Morgan fingerprint density at radius 3 is 2.67 bits per heavy atom. The maximum Gasteiger partial charge on any atom is 0.223 e. The van der Waals surface area contributed by atoms with E-state index in [4.69, 9.17) is 0 Å². The lowest BCUT2D eigenvalue weighted by Crippen LogP contribution is -2.46. The molecule has 3 heterocycles. The van der Waals surface area contributed by atoms with E-state index in [1.54, 1.807) is 12.7 Å². The van der Waals surface area contributed by atoms with Gasteiger partial charge in [-0.3, -0.25) is 4.79 Å². The standard InChI is InChI=1S/C17H24N6O/c24-17(12-4-2-1-3-5-12)22-13-6-8-23(9-7-13)16-14-15(19-10-18-14)20-11-21-16/h10-13H,1-9H2,(H,22,24)(H,18,19,20,21). The van der Waals surface area contributed by atoms with Crippen LogP contribution in [-0.2, 0) is 4.79 Å². The molecule has 0 spiro atoms. The van der Waals surface area contributed by atoms with Gasteiger partial charge in [0.15, 0.2) is 11.5 Å². The Bertz CT molecular complexity index is 700. The highest BCUT2D eigenvalue weighted by atomic mass is 16.1. The molecule has 0 radical (unpaired) electrons. The predicted molar refractivity (Wildman–Crippen MR) is 91.6 cm³/mol. The monoisotopic (exact) mass is 328 g/mol. The number of anilines is 1. The molecule has 7 nitrogen and oxygen atoms in total. The number of carbonyl (C=O) groups is 1. The Morgan fingerprint density at radius 2 is 1.88 bits per heavy atom. The molecule has 0 unspecified atom stereocenters. The second kappa shape index (κ2) is 6.75. The average Bonchev–Trinajstić information content (AvgIpc) is 3.12. The van der Waals surface area contributed by atoms with E-state index in [2.05, 4.69) is 30.2 Å². The van der Waals surface area contributed by atoms with Crippen LogP contribution in [0.5, 0.6) is 0 Å². The van der Waals surface area contributed by atoms with Gasteiger partial charge in [-0.2, -0.15) is 0 Å². The third-order valence-corrected chi connectivity index (χ3v) is 5.32. The zero-order valence-electron chi connectivity index (χ0n) is 13.9. The largest absolute Gasteiger partial charge is 0.355 e. The lowest BCUT2D eigenvalue weighted by molar-refractivity contribution is -0.126. The van der Waals surface area contributed by atoms with Gasteiger partial charge in [-0.05, 0) is 25.7 Å². The quantitative estimate of drug-likeness (QED) is 0.900. The first-order valence-corrected chi connectivity index (χ1v) is 9.00. The molecule has 2 fully saturated rings. The summed E-state index contributed by atoms with van der Waals surface area (Å²) in [6.07, 6.45) is 10.9. The fraction of sp³-hybridized carbons (Fsp3) is 0.647. The van der Waals surface area contributed by atoms with E-state index < -0.39 is 0 Å². The van der Waals surface area contributed by atoms with Crippen molar-refractivity contribution < 1.29 is 4.79 Å². The smallest absolute Gasteiger partial charge is 0.223 e. The summed E-state index contributed by atoms with van der Waals surface area (Å²) in [6, 6.07) is 0.287. The van der Waals surface area contributed by atoms with Gasteiger partial charge in [0.2, 0.25) is 5.91 Å². The van der Waals surface area contributed by atoms with Crippen LogP contribution in [0.4, 0.5) is 5.82 Å². The Balaban J connectivity index is 1.35. The molecule has 7 heteroatoms. The summed E-state index contributed by atoms with van der Waals surface area (Å²) in [5.41, 5.74) is 1.59. The SMILES string of the molecule is O=C(NC1CCN(c2ncnc3nc[nH]c23)CC1)C1CCCCC1. The van der Waals surface area contributed by atoms with Crippen LogP contribution < -0.4 is 10.2 Å². The van der Waals surface area contributed by atoms with E-state index in [1.807, 2.05) is 0 Å². The molecule has 1 saturated carbocycles. The molecule has 128 valence electrons. The van der Waals surface area contributed by atoms with Crippen molar-refractivity contribution in [3.05, 3.63) is 12.7 Å². The number of nitrogens with one attached hydrogen (secondary N) is 2. The highest BCUT2D eigenvalue weighted by molar-refractivity contribution is 5.82. The summed E-state index contributed by atoms with van der Waals surface area (Å²) in [5, 5.41) is 3.27. The Labute approximate surface area is 141 Å². The first kappa shape index (κ1) is 15.4. The number of H-pyrrole nitrogens is 1. The summed E-state index contributed by atoms with van der Waals surface area (Å²) >= 11 is 0. The van der Waals surface area contributed by atoms with E-state index in [9.17, 15) is 4.79 Å². The summed E-state index contributed by atoms with van der Waals surface area (Å²) in [6.45, 7) is 1.78. The average molecular weight is 328 g/mol. The maximum absolute atomic E-state index is 12.4. The van der Waals surface area contributed by atoms with Crippen LogP contribution in [0.3, 0.4) is 0 Å². The van der Waals surface area contributed by atoms with Gasteiger partial charge in [0, 0.05) is 25.0 Å². The zero-order valence-corrected chi connectivity index (χ0v) is 13.9. The number of aromatic nitrogens is 4. The first-order chi connectivity index (χ1) is 11.8. The minimum atomic E-state index is 0.239. The Kier molecular flexibility index (Phi) is 4.32. The molecule has 0 atom stereocenters. The predicted octanol–water partition coefficient (Wildman–Crippen LogP) is 2.02. The van der Waals surface area contributed by atoms with Crippen molar-refractivity contribution in [2.45, 2.75) is 51.0 Å². The fourth-order valence-corrected chi connectivity index (χ4v) is 3.91. The highest BCUT2D eigenvalue weighted by Crippen LogP contribution is 2.26. The van der Waals surface area contributed by atoms with Crippen molar-refractivity contribution >= 4 is 22.9 Å². The van der Waals surface area contributed by atoms with Crippen LogP contribution in [0.15, 0.2) is 12.7 Å². The van der Waals surface area contributed by atoms with Crippen molar-refractivity contribution in [1.29, 1.82) is 0 Å². The number of hydrogen-bond donors (Lipinski definition) is 2. The molecule has 2 aromatic heterocycles. The van der Waals surface area contributed by atoms with E-state index >= 15 is 0 Å². The number of imidazole rings is 1. The van der Waals surface area contributed by atoms with Crippen LogP contribution in [0.2, 0.25) is 0 Å². The second-order valence-corrected chi connectivity index (χ2v) is 6.90. The number of piperidine rings is 1. The topological polar surface area (TPSA) is 86.8 Å². The van der Waals surface area contributed by atoms with Gasteiger partial charge in [0.25, 0.3) is 0 Å². The van der Waals surface area contributed by atoms with Gasteiger partial charge in [-0.1, -0.05) is 19.3 Å². The number of rotatable bonds is 3. The molecular formula is C17H24N6O. The Hall–Kier alpha value is -2.18. The third-order valence-electron chi connectivity index (χ3n) is 5.32. The minimum Gasteiger partial charge on any atom is -0.355 e. The summed E-state index contributed by atoms with van der Waals surface area (Å²) in [5.74, 6) is 1.42. The van der Waals surface area contributed by atoms with Crippen LogP contribution in [0.25, 0.3) is 11.2 Å². The van der Waals surface area contributed by atoms with Crippen LogP contribution in [0, 0.1) is 5.92 Å². The molecule has 1 saturated heterocycles. The highest BCUT2D eigenvalue weighted by Gasteiger charge is 2.26. The van der Waals surface area contributed by atoms with Gasteiger partial charge >= 0.3 is 0 Å². The number of hydrogen-bond acceptors (Lipinski definition) is 5. The molecule has 24 heavy (non-hydrogen) atoms. The van der Waals surface area contributed by atoms with Crippen molar-refractivity contribution in [1.82, 2.24) is 25.3 Å². The van der Waals surface area contributed by atoms with Crippen molar-refractivity contribution in [2.75, 3.05) is 18.0 Å². The number of carbonyl (C=O) groups excluding carboxylic acids is 1. The summed E-state index contributed by atoms with van der Waals surface area (Å²) in [4.78, 5) is 30.6. The molecule has 0 aromatic carbocycles. The van der Waals surface area contributed by atoms with Gasteiger partial charge in [-0.15, -0.1) is 0 Å². The molecule has 2 aromatic rings.